The Morgan fingerprint density at radius 2 is 1.86 bits per heavy atom. The zero-order chi connectivity index (χ0) is 15.6. The van der Waals surface area contributed by atoms with E-state index in [1.807, 2.05) is 35.0 Å². The van der Waals surface area contributed by atoms with Crippen molar-refractivity contribution in [3.8, 4) is 0 Å². The lowest BCUT2D eigenvalue weighted by Gasteiger charge is -2.11. The molecule has 1 heterocycles. The van der Waals surface area contributed by atoms with Crippen LogP contribution in [0.3, 0.4) is 0 Å². The summed E-state index contributed by atoms with van der Waals surface area (Å²) in [6.45, 7) is 5.72. The van der Waals surface area contributed by atoms with Gasteiger partial charge in [-0.15, -0.1) is 0 Å². The fourth-order valence-corrected chi connectivity index (χ4v) is 2.32. The molecule has 5 nitrogen and oxygen atoms in total. The van der Waals surface area contributed by atoms with E-state index in [0.717, 1.165) is 10.9 Å². The first-order valence-corrected chi connectivity index (χ1v) is 6.94. The predicted molar refractivity (Wildman–Crippen MR) is 81.3 cm³/mol. The summed E-state index contributed by atoms with van der Waals surface area (Å²) in [5.74, 6) is -0.737. The van der Waals surface area contributed by atoms with Crippen molar-refractivity contribution in [3.05, 3.63) is 36.0 Å². The van der Waals surface area contributed by atoms with Crippen molar-refractivity contribution in [1.82, 2.24) is 9.88 Å². The Morgan fingerprint density at radius 3 is 2.48 bits per heavy atom. The summed E-state index contributed by atoms with van der Waals surface area (Å²) in [6.07, 6.45) is 1.83. The number of esters is 1. The van der Waals surface area contributed by atoms with Crippen LogP contribution in [0.25, 0.3) is 10.9 Å². The molecule has 0 spiro atoms. The SMILES string of the molecule is COC(=O)C(C)NC(=O)c1cn(C(C)C)c2ccccc12. The molecule has 112 valence electrons. The van der Waals surface area contributed by atoms with Crippen molar-refractivity contribution < 1.29 is 14.3 Å². The van der Waals surface area contributed by atoms with E-state index in [2.05, 4.69) is 23.9 Å². The van der Waals surface area contributed by atoms with Crippen LogP contribution in [0.4, 0.5) is 0 Å². The molecule has 5 heteroatoms. The number of nitrogens with zero attached hydrogens (tertiary/aromatic N) is 1. The number of nitrogens with one attached hydrogen (secondary N) is 1. The van der Waals surface area contributed by atoms with Crippen molar-refractivity contribution in [1.29, 1.82) is 0 Å². The van der Waals surface area contributed by atoms with Gasteiger partial charge in [0.25, 0.3) is 5.91 Å². The molecule has 0 aliphatic heterocycles. The van der Waals surface area contributed by atoms with E-state index >= 15 is 0 Å². The van der Waals surface area contributed by atoms with Crippen LogP contribution in [0, 0.1) is 0 Å². The first kappa shape index (κ1) is 15.1. The summed E-state index contributed by atoms with van der Waals surface area (Å²) >= 11 is 0. The fraction of sp³-hybridized carbons (Fsp3) is 0.375. The standard InChI is InChI=1S/C16H20N2O3/c1-10(2)18-9-13(12-7-5-6-8-14(12)18)15(19)17-11(3)16(20)21-4/h5-11H,1-4H3,(H,17,19). The summed E-state index contributed by atoms with van der Waals surface area (Å²) in [4.78, 5) is 23.8. The van der Waals surface area contributed by atoms with Crippen LogP contribution >= 0.6 is 0 Å². The second-order valence-electron chi connectivity index (χ2n) is 5.28. The molecule has 0 aliphatic rings. The van der Waals surface area contributed by atoms with Gasteiger partial charge in [-0.3, -0.25) is 4.79 Å². The molecule has 1 N–H and O–H groups in total. The first-order valence-electron chi connectivity index (χ1n) is 6.94. The molecule has 0 aliphatic carbocycles. The second-order valence-corrected chi connectivity index (χ2v) is 5.28. The first-order chi connectivity index (χ1) is 9.95. The zero-order valence-electron chi connectivity index (χ0n) is 12.7. The van der Waals surface area contributed by atoms with Crippen LogP contribution in [0.5, 0.6) is 0 Å². The summed E-state index contributed by atoms with van der Waals surface area (Å²) < 4.78 is 6.67. The maximum absolute atomic E-state index is 12.4. The smallest absolute Gasteiger partial charge is 0.328 e. The molecule has 2 rings (SSSR count). The van der Waals surface area contributed by atoms with Crippen LogP contribution < -0.4 is 5.32 Å². The maximum atomic E-state index is 12.4. The minimum absolute atomic E-state index is 0.245. The summed E-state index contributed by atoms with van der Waals surface area (Å²) in [5.41, 5.74) is 1.57. The number of fused-ring (bicyclic) bond motifs is 1. The van der Waals surface area contributed by atoms with Crippen molar-refractivity contribution >= 4 is 22.8 Å². The highest BCUT2D eigenvalue weighted by molar-refractivity contribution is 6.08. The molecule has 0 saturated carbocycles. The topological polar surface area (TPSA) is 60.3 Å². The predicted octanol–water partition coefficient (Wildman–Crippen LogP) is 2.51. The van der Waals surface area contributed by atoms with Gasteiger partial charge in [0.2, 0.25) is 0 Å². The van der Waals surface area contributed by atoms with Gasteiger partial charge >= 0.3 is 5.97 Å². The van der Waals surface area contributed by atoms with E-state index in [1.165, 1.54) is 7.11 Å². The highest BCUT2D eigenvalue weighted by atomic mass is 16.5. The lowest BCUT2D eigenvalue weighted by atomic mass is 10.1. The Kier molecular flexibility index (Phi) is 4.31. The van der Waals surface area contributed by atoms with Gasteiger partial charge in [0.1, 0.15) is 6.04 Å². The quantitative estimate of drug-likeness (QED) is 0.879. The van der Waals surface area contributed by atoms with Crippen molar-refractivity contribution in [2.75, 3.05) is 7.11 Å². The number of rotatable bonds is 4. The highest BCUT2D eigenvalue weighted by Crippen LogP contribution is 2.24. The average Bonchev–Trinajstić information content (AvgIpc) is 2.86. The number of methoxy groups -OCH3 is 1. The Hall–Kier alpha value is -2.30. The number of hydrogen-bond acceptors (Lipinski definition) is 3. The lowest BCUT2D eigenvalue weighted by molar-refractivity contribution is -0.142. The lowest BCUT2D eigenvalue weighted by Crippen LogP contribution is -2.39. The normalized spacial score (nSPS) is 12.4. The van der Waals surface area contributed by atoms with Crippen LogP contribution in [0.15, 0.2) is 30.5 Å². The Bertz CT molecular complexity index is 673. The number of para-hydroxylation sites is 1. The number of ether oxygens (including phenoxy) is 1. The number of carbonyl (C=O) groups is 2. The molecule has 1 aromatic carbocycles. The maximum Gasteiger partial charge on any atom is 0.328 e. The summed E-state index contributed by atoms with van der Waals surface area (Å²) in [5, 5.41) is 3.54. The third-order valence-corrected chi connectivity index (χ3v) is 3.44. The molecule has 21 heavy (non-hydrogen) atoms. The minimum Gasteiger partial charge on any atom is -0.467 e. The van der Waals surface area contributed by atoms with Crippen LogP contribution in [0.2, 0.25) is 0 Å². The summed E-state index contributed by atoms with van der Waals surface area (Å²) in [6, 6.07) is 7.30. The molecule has 0 saturated heterocycles. The van der Waals surface area contributed by atoms with Gasteiger partial charge in [-0.05, 0) is 26.8 Å². The molecule has 0 fully saturated rings. The molecular weight excluding hydrogens is 268 g/mol. The van der Waals surface area contributed by atoms with E-state index in [9.17, 15) is 9.59 Å². The average molecular weight is 288 g/mol. The van der Waals surface area contributed by atoms with Gasteiger partial charge in [-0.2, -0.15) is 0 Å². The van der Waals surface area contributed by atoms with Gasteiger partial charge in [0.05, 0.1) is 12.7 Å². The Labute approximate surface area is 123 Å². The molecule has 0 bridgehead atoms. The molecule has 2 aromatic rings. The van der Waals surface area contributed by atoms with Gasteiger partial charge in [0, 0.05) is 23.1 Å². The molecule has 0 radical (unpaired) electrons. The number of carbonyl (C=O) groups excluding carboxylic acids is 2. The largest absolute Gasteiger partial charge is 0.467 e. The van der Waals surface area contributed by atoms with Gasteiger partial charge < -0.3 is 14.6 Å². The second kappa shape index (κ2) is 5.99. The van der Waals surface area contributed by atoms with Crippen LogP contribution in [0.1, 0.15) is 37.2 Å². The van der Waals surface area contributed by atoms with Gasteiger partial charge in [0.15, 0.2) is 0 Å². The van der Waals surface area contributed by atoms with Gasteiger partial charge in [-0.1, -0.05) is 18.2 Å². The molecule has 1 aromatic heterocycles. The fourth-order valence-electron chi connectivity index (χ4n) is 2.32. The third kappa shape index (κ3) is 2.91. The number of aromatic nitrogens is 1. The molecule has 1 atom stereocenters. The van der Waals surface area contributed by atoms with E-state index in [1.54, 1.807) is 6.92 Å². The van der Waals surface area contributed by atoms with E-state index in [-0.39, 0.29) is 11.9 Å². The summed E-state index contributed by atoms with van der Waals surface area (Å²) in [7, 11) is 1.30. The Balaban J connectivity index is 2.38. The molecule has 1 amide bonds. The third-order valence-electron chi connectivity index (χ3n) is 3.44. The van der Waals surface area contributed by atoms with Crippen molar-refractivity contribution in [3.63, 3.8) is 0 Å². The molecule has 1 unspecified atom stereocenters. The monoisotopic (exact) mass is 288 g/mol. The highest BCUT2D eigenvalue weighted by Gasteiger charge is 2.20. The number of amides is 1. The van der Waals surface area contributed by atoms with E-state index in [0.29, 0.717) is 5.56 Å². The van der Waals surface area contributed by atoms with Crippen molar-refractivity contribution in [2.45, 2.75) is 32.9 Å². The zero-order valence-corrected chi connectivity index (χ0v) is 12.7. The van der Waals surface area contributed by atoms with Crippen molar-refractivity contribution in [2.24, 2.45) is 0 Å². The minimum atomic E-state index is -0.677. The Morgan fingerprint density at radius 1 is 1.19 bits per heavy atom. The van der Waals surface area contributed by atoms with Crippen LogP contribution in [-0.2, 0) is 9.53 Å². The van der Waals surface area contributed by atoms with E-state index in [4.69, 9.17) is 0 Å². The van der Waals surface area contributed by atoms with Crippen LogP contribution in [-0.4, -0.2) is 29.6 Å². The van der Waals surface area contributed by atoms with Gasteiger partial charge in [-0.25, -0.2) is 4.79 Å². The van der Waals surface area contributed by atoms with E-state index < -0.39 is 12.0 Å². The molecular formula is C16H20N2O3. The number of hydrogen-bond donors (Lipinski definition) is 1. The number of benzene rings is 1.